The predicted molar refractivity (Wildman–Crippen MR) is 46.9 cm³/mol. The van der Waals surface area contributed by atoms with Crippen molar-refractivity contribution in [1.82, 2.24) is 4.90 Å². The minimum Gasteiger partial charge on any atom is -0.395 e. The van der Waals surface area contributed by atoms with Crippen molar-refractivity contribution in [2.75, 3.05) is 32.9 Å². The fraction of sp³-hybridized carbons (Fsp3) is 1.00. The third-order valence-electron chi connectivity index (χ3n) is 2.37. The Morgan fingerprint density at radius 2 is 2.50 bits per heavy atom. The van der Waals surface area contributed by atoms with Gasteiger partial charge in [0.1, 0.15) is 0 Å². The molecule has 1 rings (SSSR count). The molecule has 1 fully saturated rings. The topological polar surface area (TPSA) is 58.7 Å². The molecule has 0 aromatic carbocycles. The molecule has 72 valence electrons. The van der Waals surface area contributed by atoms with Gasteiger partial charge in [0.15, 0.2) is 0 Å². The number of morpholine rings is 1. The second kappa shape index (κ2) is 4.77. The fourth-order valence-corrected chi connectivity index (χ4v) is 1.60. The van der Waals surface area contributed by atoms with E-state index in [1.807, 2.05) is 0 Å². The molecule has 2 unspecified atom stereocenters. The van der Waals surface area contributed by atoms with E-state index >= 15 is 0 Å². The molecule has 1 heterocycles. The number of nitrogens with zero attached hydrogens (tertiary/aromatic N) is 1. The van der Waals surface area contributed by atoms with E-state index in [-0.39, 0.29) is 12.6 Å². The van der Waals surface area contributed by atoms with E-state index in [9.17, 15) is 0 Å². The molecule has 0 bridgehead atoms. The molecule has 0 saturated carbocycles. The van der Waals surface area contributed by atoms with Gasteiger partial charge in [-0.3, -0.25) is 4.90 Å². The fourth-order valence-electron chi connectivity index (χ4n) is 1.60. The molecule has 1 saturated heterocycles. The highest BCUT2D eigenvalue weighted by atomic mass is 16.5. The van der Waals surface area contributed by atoms with Gasteiger partial charge in [0.05, 0.1) is 19.8 Å². The Bertz CT molecular complexity index is 128. The summed E-state index contributed by atoms with van der Waals surface area (Å²) < 4.78 is 5.29. The van der Waals surface area contributed by atoms with Crippen LogP contribution in [0.3, 0.4) is 0 Å². The minimum atomic E-state index is 0.101. The number of hydrogen-bond acceptors (Lipinski definition) is 4. The van der Waals surface area contributed by atoms with Gasteiger partial charge in [0.2, 0.25) is 0 Å². The average molecular weight is 174 g/mol. The Hall–Kier alpha value is -0.160. The molecule has 0 amide bonds. The van der Waals surface area contributed by atoms with Crippen molar-refractivity contribution >= 4 is 0 Å². The molecule has 4 heteroatoms. The summed E-state index contributed by atoms with van der Waals surface area (Å²) in [6, 6.07) is 0.475. The lowest BCUT2D eigenvalue weighted by Gasteiger charge is -2.38. The minimum absolute atomic E-state index is 0.101. The zero-order valence-corrected chi connectivity index (χ0v) is 7.57. The zero-order valence-electron chi connectivity index (χ0n) is 7.57. The Morgan fingerprint density at radius 1 is 1.75 bits per heavy atom. The molecule has 1 aliphatic heterocycles. The smallest absolute Gasteiger partial charge is 0.0619 e. The number of rotatable bonds is 3. The van der Waals surface area contributed by atoms with Gasteiger partial charge < -0.3 is 15.6 Å². The Balaban J connectivity index is 2.45. The highest BCUT2D eigenvalue weighted by Gasteiger charge is 2.24. The first-order valence-corrected chi connectivity index (χ1v) is 4.44. The standard InChI is InChI=1S/C8H18N2O2/c1-7-6-12-3-2-10(7)8(4-9)5-11/h7-8,11H,2-6,9H2,1H3. The monoisotopic (exact) mass is 174 g/mol. The van der Waals surface area contributed by atoms with Crippen molar-refractivity contribution in [2.24, 2.45) is 5.73 Å². The van der Waals surface area contributed by atoms with E-state index in [0.29, 0.717) is 12.6 Å². The molecular formula is C8H18N2O2. The molecule has 0 radical (unpaired) electrons. The lowest BCUT2D eigenvalue weighted by atomic mass is 10.2. The van der Waals surface area contributed by atoms with Crippen LogP contribution in [0.25, 0.3) is 0 Å². The number of aliphatic hydroxyl groups is 1. The summed E-state index contributed by atoms with van der Waals surface area (Å²) in [5.74, 6) is 0. The van der Waals surface area contributed by atoms with Crippen LogP contribution in [0.15, 0.2) is 0 Å². The van der Waals surface area contributed by atoms with E-state index in [1.54, 1.807) is 0 Å². The second-order valence-electron chi connectivity index (χ2n) is 3.23. The van der Waals surface area contributed by atoms with Gasteiger partial charge in [-0.05, 0) is 6.92 Å². The summed E-state index contributed by atoms with van der Waals surface area (Å²) in [5.41, 5.74) is 5.53. The molecular weight excluding hydrogens is 156 g/mol. The number of ether oxygens (including phenoxy) is 1. The molecule has 1 aliphatic rings. The van der Waals surface area contributed by atoms with Gasteiger partial charge in [0.25, 0.3) is 0 Å². The van der Waals surface area contributed by atoms with E-state index in [0.717, 1.165) is 19.8 Å². The van der Waals surface area contributed by atoms with E-state index in [2.05, 4.69) is 11.8 Å². The molecule has 0 aromatic heterocycles. The Labute approximate surface area is 73.3 Å². The number of hydrogen-bond donors (Lipinski definition) is 2. The lowest BCUT2D eigenvalue weighted by Crippen LogP contribution is -2.53. The van der Waals surface area contributed by atoms with Crippen molar-refractivity contribution in [3.63, 3.8) is 0 Å². The maximum absolute atomic E-state index is 9.03. The first-order chi connectivity index (χ1) is 5.79. The molecule has 4 nitrogen and oxygen atoms in total. The summed E-state index contributed by atoms with van der Waals surface area (Å²) in [7, 11) is 0. The van der Waals surface area contributed by atoms with Crippen molar-refractivity contribution in [3.8, 4) is 0 Å². The van der Waals surface area contributed by atoms with Crippen LogP contribution in [0.2, 0.25) is 0 Å². The zero-order chi connectivity index (χ0) is 8.97. The third kappa shape index (κ3) is 2.17. The maximum atomic E-state index is 9.03. The van der Waals surface area contributed by atoms with Crippen molar-refractivity contribution in [3.05, 3.63) is 0 Å². The van der Waals surface area contributed by atoms with Crippen LogP contribution in [0.5, 0.6) is 0 Å². The number of aliphatic hydroxyl groups excluding tert-OH is 1. The van der Waals surface area contributed by atoms with Crippen LogP contribution >= 0.6 is 0 Å². The Kier molecular flexibility index (Phi) is 3.94. The Morgan fingerprint density at radius 3 is 3.00 bits per heavy atom. The van der Waals surface area contributed by atoms with Crippen molar-refractivity contribution < 1.29 is 9.84 Å². The summed E-state index contributed by atoms with van der Waals surface area (Å²) in [6.45, 7) is 5.13. The highest BCUT2D eigenvalue weighted by Crippen LogP contribution is 2.09. The van der Waals surface area contributed by atoms with E-state index in [1.165, 1.54) is 0 Å². The predicted octanol–water partition coefficient (Wildman–Crippen LogP) is -0.973. The first-order valence-electron chi connectivity index (χ1n) is 4.44. The molecule has 0 spiro atoms. The van der Waals surface area contributed by atoms with Crippen LogP contribution in [-0.4, -0.2) is 55.0 Å². The summed E-state index contributed by atoms with van der Waals surface area (Å²) in [6.07, 6.45) is 0. The highest BCUT2D eigenvalue weighted by molar-refractivity contribution is 4.79. The average Bonchev–Trinajstić information content (AvgIpc) is 2.10. The summed E-state index contributed by atoms with van der Waals surface area (Å²) in [4.78, 5) is 2.21. The van der Waals surface area contributed by atoms with Crippen LogP contribution in [0.4, 0.5) is 0 Å². The van der Waals surface area contributed by atoms with Crippen LogP contribution in [0.1, 0.15) is 6.92 Å². The van der Waals surface area contributed by atoms with E-state index < -0.39 is 0 Å². The second-order valence-corrected chi connectivity index (χ2v) is 3.23. The van der Waals surface area contributed by atoms with Gasteiger partial charge in [-0.1, -0.05) is 0 Å². The van der Waals surface area contributed by atoms with Gasteiger partial charge >= 0.3 is 0 Å². The van der Waals surface area contributed by atoms with Crippen LogP contribution in [-0.2, 0) is 4.74 Å². The first kappa shape index (κ1) is 9.92. The maximum Gasteiger partial charge on any atom is 0.0619 e. The van der Waals surface area contributed by atoms with Gasteiger partial charge in [-0.2, -0.15) is 0 Å². The third-order valence-corrected chi connectivity index (χ3v) is 2.37. The molecule has 3 N–H and O–H groups in total. The molecule has 0 aromatic rings. The summed E-state index contributed by atoms with van der Waals surface area (Å²) >= 11 is 0. The SMILES string of the molecule is CC1COCCN1C(CN)CO. The van der Waals surface area contributed by atoms with Gasteiger partial charge in [-0.25, -0.2) is 0 Å². The van der Waals surface area contributed by atoms with E-state index in [4.69, 9.17) is 15.6 Å². The van der Waals surface area contributed by atoms with Crippen molar-refractivity contribution in [1.29, 1.82) is 0 Å². The number of nitrogens with two attached hydrogens (primary N) is 1. The summed E-state index contributed by atoms with van der Waals surface area (Å²) in [5, 5.41) is 9.03. The normalized spacial score (nSPS) is 28.8. The quantitative estimate of drug-likeness (QED) is 0.578. The van der Waals surface area contributed by atoms with Crippen LogP contribution < -0.4 is 5.73 Å². The van der Waals surface area contributed by atoms with Gasteiger partial charge in [-0.15, -0.1) is 0 Å². The molecule has 0 aliphatic carbocycles. The largest absolute Gasteiger partial charge is 0.395 e. The van der Waals surface area contributed by atoms with Gasteiger partial charge in [0, 0.05) is 25.2 Å². The van der Waals surface area contributed by atoms with Crippen molar-refractivity contribution in [2.45, 2.75) is 19.0 Å². The van der Waals surface area contributed by atoms with Crippen LogP contribution in [0, 0.1) is 0 Å². The lowest BCUT2D eigenvalue weighted by molar-refractivity contribution is -0.0309. The molecule has 12 heavy (non-hydrogen) atoms. The molecule has 2 atom stereocenters.